The zero-order valence-corrected chi connectivity index (χ0v) is 11.2. The summed E-state index contributed by atoms with van der Waals surface area (Å²) < 4.78 is 39.4. The van der Waals surface area contributed by atoms with Crippen LogP contribution in [0.4, 0.5) is 4.39 Å². The van der Waals surface area contributed by atoms with Gasteiger partial charge in [-0.05, 0) is 31.0 Å². The third kappa shape index (κ3) is 2.66. The van der Waals surface area contributed by atoms with Gasteiger partial charge in [0.25, 0.3) is 0 Å². The van der Waals surface area contributed by atoms with E-state index in [1.165, 1.54) is 16.4 Å². The number of hydrogen-bond donors (Lipinski definition) is 1. The second kappa shape index (κ2) is 5.13. The zero-order valence-electron chi connectivity index (χ0n) is 9.64. The Kier molecular flexibility index (Phi) is 3.91. The smallest absolute Gasteiger partial charge is 0.246 e. The third-order valence-electron chi connectivity index (χ3n) is 2.93. The van der Waals surface area contributed by atoms with Crippen LogP contribution in [0.2, 0.25) is 5.02 Å². The van der Waals surface area contributed by atoms with Gasteiger partial charge in [0, 0.05) is 24.2 Å². The number of rotatable bonds is 2. The van der Waals surface area contributed by atoms with Crippen LogP contribution in [0, 0.1) is 5.82 Å². The maximum absolute atomic E-state index is 13.7. The van der Waals surface area contributed by atoms with Crippen molar-refractivity contribution in [3.63, 3.8) is 0 Å². The van der Waals surface area contributed by atoms with Gasteiger partial charge >= 0.3 is 0 Å². The summed E-state index contributed by atoms with van der Waals surface area (Å²) in [5, 5.41) is 0.168. The lowest BCUT2D eigenvalue weighted by Crippen LogP contribution is -2.45. The normalized spacial score (nSPS) is 22.1. The highest BCUT2D eigenvalue weighted by molar-refractivity contribution is 7.89. The van der Waals surface area contributed by atoms with Gasteiger partial charge < -0.3 is 5.73 Å². The van der Waals surface area contributed by atoms with Crippen molar-refractivity contribution in [2.24, 2.45) is 5.73 Å². The summed E-state index contributed by atoms with van der Waals surface area (Å²) in [6.45, 7) is 0.600. The Bertz CT molecular complexity index is 550. The second-order valence-corrected chi connectivity index (χ2v) is 6.68. The maximum Gasteiger partial charge on any atom is 0.246 e. The van der Waals surface area contributed by atoms with Crippen molar-refractivity contribution in [1.82, 2.24) is 4.31 Å². The van der Waals surface area contributed by atoms with Crippen molar-refractivity contribution < 1.29 is 12.8 Å². The molecule has 18 heavy (non-hydrogen) atoms. The molecule has 1 aliphatic rings. The monoisotopic (exact) mass is 292 g/mol. The van der Waals surface area contributed by atoms with Gasteiger partial charge in [-0.25, -0.2) is 12.8 Å². The van der Waals surface area contributed by atoms with Gasteiger partial charge in [0.1, 0.15) is 10.7 Å². The Morgan fingerprint density at radius 2 is 2.17 bits per heavy atom. The molecule has 1 saturated heterocycles. The van der Waals surface area contributed by atoms with Crippen LogP contribution < -0.4 is 5.73 Å². The van der Waals surface area contributed by atoms with Crippen LogP contribution in [0.1, 0.15) is 12.8 Å². The first kappa shape index (κ1) is 13.7. The number of nitrogens with zero attached hydrogens (tertiary/aromatic N) is 1. The molecule has 1 fully saturated rings. The molecule has 0 aliphatic carbocycles. The molecule has 1 aromatic rings. The molecule has 0 bridgehead atoms. The van der Waals surface area contributed by atoms with E-state index in [4.69, 9.17) is 17.3 Å². The first-order valence-corrected chi connectivity index (χ1v) is 7.44. The highest BCUT2D eigenvalue weighted by atomic mass is 35.5. The molecule has 1 aromatic carbocycles. The summed E-state index contributed by atoms with van der Waals surface area (Å²) in [6, 6.07) is 3.36. The molecule has 0 amide bonds. The Morgan fingerprint density at radius 3 is 2.78 bits per heavy atom. The number of halogens is 2. The molecule has 1 aliphatic heterocycles. The fourth-order valence-corrected chi connectivity index (χ4v) is 3.76. The molecule has 2 N–H and O–H groups in total. The van der Waals surface area contributed by atoms with E-state index in [1.807, 2.05) is 0 Å². The first-order chi connectivity index (χ1) is 8.41. The lowest BCUT2D eigenvalue weighted by molar-refractivity contribution is 0.315. The predicted molar refractivity (Wildman–Crippen MR) is 67.4 cm³/mol. The molecule has 0 saturated carbocycles. The van der Waals surface area contributed by atoms with E-state index >= 15 is 0 Å². The zero-order chi connectivity index (χ0) is 13.3. The van der Waals surface area contributed by atoms with Crippen LogP contribution in [-0.4, -0.2) is 31.9 Å². The highest BCUT2D eigenvalue weighted by Crippen LogP contribution is 2.24. The molecule has 4 nitrogen and oxygen atoms in total. The molecular formula is C11H14ClFN2O2S. The van der Waals surface area contributed by atoms with Crippen LogP contribution in [0.3, 0.4) is 0 Å². The minimum Gasteiger partial charge on any atom is -0.327 e. The number of hydrogen-bond acceptors (Lipinski definition) is 3. The summed E-state index contributed by atoms with van der Waals surface area (Å²) in [6.07, 6.45) is 1.48. The van der Waals surface area contributed by atoms with Crippen LogP contribution >= 0.6 is 11.6 Å². The second-order valence-electron chi connectivity index (χ2n) is 4.34. The molecule has 0 aromatic heterocycles. The fraction of sp³-hybridized carbons (Fsp3) is 0.455. The summed E-state index contributed by atoms with van der Waals surface area (Å²) >= 11 is 5.61. The van der Waals surface area contributed by atoms with E-state index in [1.54, 1.807) is 0 Å². The van der Waals surface area contributed by atoms with Gasteiger partial charge in [-0.15, -0.1) is 0 Å². The molecule has 0 radical (unpaired) electrons. The number of nitrogens with two attached hydrogens (primary N) is 1. The van der Waals surface area contributed by atoms with Crippen LogP contribution in [0.5, 0.6) is 0 Å². The summed E-state index contributed by atoms with van der Waals surface area (Å²) in [7, 11) is -3.82. The van der Waals surface area contributed by atoms with Gasteiger partial charge in [-0.1, -0.05) is 11.6 Å². The fourth-order valence-electron chi connectivity index (χ4n) is 2.02. The largest absolute Gasteiger partial charge is 0.327 e. The molecular weight excluding hydrogens is 279 g/mol. The quantitative estimate of drug-likeness (QED) is 0.900. The predicted octanol–water partition coefficient (Wildman–Crippen LogP) is 1.59. The molecule has 1 atom stereocenters. The van der Waals surface area contributed by atoms with Gasteiger partial charge in [-0.3, -0.25) is 0 Å². The Balaban J connectivity index is 2.35. The van der Waals surface area contributed by atoms with E-state index in [0.29, 0.717) is 13.0 Å². The van der Waals surface area contributed by atoms with Gasteiger partial charge in [-0.2, -0.15) is 4.31 Å². The van der Waals surface area contributed by atoms with E-state index in [-0.39, 0.29) is 22.5 Å². The van der Waals surface area contributed by atoms with Crippen molar-refractivity contribution in [2.75, 3.05) is 13.1 Å². The molecule has 1 unspecified atom stereocenters. The molecule has 2 rings (SSSR count). The van der Waals surface area contributed by atoms with E-state index in [2.05, 4.69) is 0 Å². The number of sulfonamides is 1. The summed E-state index contributed by atoms with van der Waals surface area (Å²) in [5.74, 6) is -0.832. The van der Waals surface area contributed by atoms with E-state index in [0.717, 1.165) is 12.5 Å². The number of benzene rings is 1. The summed E-state index contributed by atoms with van der Waals surface area (Å²) in [4.78, 5) is -0.346. The van der Waals surface area contributed by atoms with Gasteiger partial charge in [0.15, 0.2) is 0 Å². The van der Waals surface area contributed by atoms with Gasteiger partial charge in [0.2, 0.25) is 10.0 Å². The van der Waals surface area contributed by atoms with Crippen LogP contribution in [0.25, 0.3) is 0 Å². The topological polar surface area (TPSA) is 63.4 Å². The van der Waals surface area contributed by atoms with E-state index in [9.17, 15) is 12.8 Å². The Morgan fingerprint density at radius 1 is 1.44 bits per heavy atom. The van der Waals surface area contributed by atoms with E-state index < -0.39 is 15.8 Å². The molecule has 0 spiro atoms. The average molecular weight is 293 g/mol. The summed E-state index contributed by atoms with van der Waals surface area (Å²) in [5.41, 5.74) is 5.74. The molecule has 100 valence electrons. The number of piperidine rings is 1. The maximum atomic E-state index is 13.7. The highest BCUT2D eigenvalue weighted by Gasteiger charge is 2.30. The van der Waals surface area contributed by atoms with Crippen molar-refractivity contribution >= 4 is 21.6 Å². The average Bonchev–Trinajstić information content (AvgIpc) is 2.28. The van der Waals surface area contributed by atoms with Crippen molar-refractivity contribution in [2.45, 2.75) is 23.8 Å². The lowest BCUT2D eigenvalue weighted by Gasteiger charge is -2.29. The minimum atomic E-state index is -3.82. The molecule has 7 heteroatoms. The third-order valence-corrected chi connectivity index (χ3v) is 5.07. The van der Waals surface area contributed by atoms with Crippen LogP contribution in [0.15, 0.2) is 23.1 Å². The van der Waals surface area contributed by atoms with Crippen molar-refractivity contribution in [3.8, 4) is 0 Å². The van der Waals surface area contributed by atoms with Gasteiger partial charge in [0.05, 0.1) is 0 Å². The van der Waals surface area contributed by atoms with Crippen molar-refractivity contribution in [3.05, 3.63) is 29.0 Å². The SMILES string of the molecule is NC1CCCN(S(=O)(=O)c2ccc(Cl)cc2F)C1. The molecule has 1 heterocycles. The minimum absolute atomic E-state index is 0.168. The van der Waals surface area contributed by atoms with Crippen LogP contribution in [-0.2, 0) is 10.0 Å². The standard InChI is InChI=1S/C11H14ClFN2O2S/c12-8-3-4-11(10(13)6-8)18(16,17)15-5-1-2-9(14)7-15/h3-4,6,9H,1-2,5,7,14H2. The Labute approximate surface area is 111 Å². The Hall–Kier alpha value is -0.690. The first-order valence-electron chi connectivity index (χ1n) is 5.62. The van der Waals surface area contributed by atoms with Crippen molar-refractivity contribution in [1.29, 1.82) is 0 Å². The lowest BCUT2D eigenvalue weighted by atomic mass is 10.1.